The van der Waals surface area contributed by atoms with Crippen molar-refractivity contribution in [1.29, 1.82) is 0 Å². The number of nitrogens with two attached hydrogens (primary N) is 1. The smallest absolute Gasteiger partial charge is 0.226 e. The fraction of sp³-hybridized carbons (Fsp3) is 0.533. The summed E-state index contributed by atoms with van der Waals surface area (Å²) in [4.78, 5) is 13.8. The van der Waals surface area contributed by atoms with Crippen LogP contribution in [0.15, 0.2) is 0 Å². The van der Waals surface area contributed by atoms with E-state index in [1.807, 2.05) is 0 Å². The molecule has 0 radical (unpaired) electrons. The standard InChI is InChI=1S/C15H20N6/c1-8-10-3-2-4-11(10)19-14-12(8)13(16)20-15(21-14)18-9-5-6-17-7-9/h9,17H,2-7H2,1H3,(H3,16,18,19,20,21)/t9-/m1/s1. The zero-order chi connectivity index (χ0) is 14.4. The molecule has 3 heterocycles. The zero-order valence-corrected chi connectivity index (χ0v) is 12.2. The number of aryl methyl sites for hydroxylation is 2. The molecule has 21 heavy (non-hydrogen) atoms. The van der Waals surface area contributed by atoms with E-state index < -0.39 is 0 Å². The lowest BCUT2D eigenvalue weighted by Crippen LogP contribution is -2.23. The average molecular weight is 284 g/mol. The van der Waals surface area contributed by atoms with Crippen LogP contribution in [0, 0.1) is 6.92 Å². The molecule has 0 amide bonds. The van der Waals surface area contributed by atoms with Gasteiger partial charge in [0, 0.05) is 18.3 Å². The molecule has 1 aliphatic carbocycles. The van der Waals surface area contributed by atoms with Gasteiger partial charge in [0.1, 0.15) is 5.82 Å². The van der Waals surface area contributed by atoms with Gasteiger partial charge in [0.15, 0.2) is 5.65 Å². The van der Waals surface area contributed by atoms with Crippen molar-refractivity contribution in [3.8, 4) is 0 Å². The minimum Gasteiger partial charge on any atom is -0.383 e. The number of aromatic nitrogens is 3. The van der Waals surface area contributed by atoms with Gasteiger partial charge in [-0.3, -0.25) is 0 Å². The van der Waals surface area contributed by atoms with E-state index in [1.54, 1.807) is 0 Å². The van der Waals surface area contributed by atoms with Gasteiger partial charge >= 0.3 is 0 Å². The Morgan fingerprint density at radius 1 is 1.24 bits per heavy atom. The first-order valence-electron chi connectivity index (χ1n) is 7.65. The summed E-state index contributed by atoms with van der Waals surface area (Å²) in [6.07, 6.45) is 4.40. The molecule has 0 aromatic carbocycles. The number of hydrogen-bond donors (Lipinski definition) is 3. The number of pyridine rings is 1. The predicted octanol–water partition coefficient (Wildman–Crippen LogP) is 1.18. The first kappa shape index (κ1) is 12.8. The summed E-state index contributed by atoms with van der Waals surface area (Å²) in [5.41, 5.74) is 10.7. The monoisotopic (exact) mass is 284 g/mol. The molecule has 0 bridgehead atoms. The van der Waals surface area contributed by atoms with E-state index in [0.717, 1.165) is 43.4 Å². The summed E-state index contributed by atoms with van der Waals surface area (Å²) in [6.45, 7) is 4.09. The highest BCUT2D eigenvalue weighted by atomic mass is 15.2. The number of nitrogens with one attached hydrogen (secondary N) is 2. The summed E-state index contributed by atoms with van der Waals surface area (Å²) in [5.74, 6) is 1.13. The molecule has 0 saturated carbocycles. The number of anilines is 2. The van der Waals surface area contributed by atoms with Crippen LogP contribution in [0.2, 0.25) is 0 Å². The number of nitrogens with zero attached hydrogens (tertiary/aromatic N) is 3. The van der Waals surface area contributed by atoms with Crippen LogP contribution in [0.3, 0.4) is 0 Å². The van der Waals surface area contributed by atoms with E-state index in [2.05, 4.69) is 27.5 Å². The lowest BCUT2D eigenvalue weighted by molar-refractivity contribution is 0.782. The Morgan fingerprint density at radius 3 is 2.95 bits per heavy atom. The molecule has 6 nitrogen and oxygen atoms in total. The fourth-order valence-electron chi connectivity index (χ4n) is 3.47. The molecule has 4 N–H and O–H groups in total. The Hall–Kier alpha value is -1.95. The van der Waals surface area contributed by atoms with Crippen molar-refractivity contribution in [2.45, 2.75) is 38.6 Å². The number of hydrogen-bond acceptors (Lipinski definition) is 6. The lowest BCUT2D eigenvalue weighted by Gasteiger charge is -2.14. The Kier molecular flexibility index (Phi) is 2.92. The average Bonchev–Trinajstić information content (AvgIpc) is 3.09. The minimum atomic E-state index is 0.373. The molecule has 1 saturated heterocycles. The number of rotatable bonds is 2. The summed E-state index contributed by atoms with van der Waals surface area (Å²) in [6, 6.07) is 0.373. The molecule has 2 aliphatic rings. The van der Waals surface area contributed by atoms with Crippen molar-refractivity contribution >= 4 is 22.8 Å². The van der Waals surface area contributed by atoms with Gasteiger partial charge in [-0.2, -0.15) is 9.97 Å². The highest BCUT2D eigenvalue weighted by Gasteiger charge is 2.21. The van der Waals surface area contributed by atoms with E-state index >= 15 is 0 Å². The Morgan fingerprint density at radius 2 is 2.14 bits per heavy atom. The van der Waals surface area contributed by atoms with Crippen LogP contribution in [-0.2, 0) is 12.8 Å². The van der Waals surface area contributed by atoms with Crippen molar-refractivity contribution in [3.63, 3.8) is 0 Å². The predicted molar refractivity (Wildman–Crippen MR) is 83.4 cm³/mol. The lowest BCUT2D eigenvalue weighted by atomic mass is 10.1. The second kappa shape index (κ2) is 4.80. The van der Waals surface area contributed by atoms with E-state index in [1.165, 1.54) is 23.2 Å². The highest BCUT2D eigenvalue weighted by molar-refractivity contribution is 5.90. The molecular weight excluding hydrogens is 264 g/mol. The van der Waals surface area contributed by atoms with Crippen LogP contribution in [0.1, 0.15) is 29.7 Å². The Labute approximate surface area is 123 Å². The van der Waals surface area contributed by atoms with Crippen LogP contribution in [-0.4, -0.2) is 34.1 Å². The summed E-state index contributed by atoms with van der Waals surface area (Å²) in [7, 11) is 0. The maximum absolute atomic E-state index is 6.18. The molecule has 2 aromatic heterocycles. The van der Waals surface area contributed by atoms with Crippen LogP contribution in [0.4, 0.5) is 11.8 Å². The molecule has 110 valence electrons. The number of fused-ring (bicyclic) bond motifs is 2. The molecule has 4 rings (SSSR count). The highest BCUT2D eigenvalue weighted by Crippen LogP contribution is 2.31. The van der Waals surface area contributed by atoms with Crippen molar-refractivity contribution < 1.29 is 0 Å². The molecule has 0 unspecified atom stereocenters. The molecule has 1 aliphatic heterocycles. The quantitative estimate of drug-likeness (QED) is 0.767. The number of nitrogen functional groups attached to an aromatic ring is 1. The van der Waals surface area contributed by atoms with Crippen LogP contribution < -0.4 is 16.4 Å². The van der Waals surface area contributed by atoms with E-state index in [-0.39, 0.29) is 0 Å². The van der Waals surface area contributed by atoms with Gasteiger partial charge in [-0.15, -0.1) is 0 Å². The third-order valence-electron chi connectivity index (χ3n) is 4.57. The van der Waals surface area contributed by atoms with E-state index in [4.69, 9.17) is 10.7 Å². The van der Waals surface area contributed by atoms with Gasteiger partial charge in [0.2, 0.25) is 5.95 Å². The van der Waals surface area contributed by atoms with Gasteiger partial charge in [-0.05, 0) is 50.3 Å². The van der Waals surface area contributed by atoms with Gasteiger partial charge < -0.3 is 16.4 Å². The normalized spacial score (nSPS) is 20.9. The fourth-order valence-corrected chi connectivity index (χ4v) is 3.47. The van der Waals surface area contributed by atoms with E-state index in [9.17, 15) is 0 Å². The van der Waals surface area contributed by atoms with Gasteiger partial charge in [0.05, 0.1) is 5.39 Å². The maximum atomic E-state index is 6.18. The second-order valence-corrected chi connectivity index (χ2v) is 5.98. The summed E-state index contributed by atoms with van der Waals surface area (Å²) >= 11 is 0. The van der Waals surface area contributed by atoms with Gasteiger partial charge in [-0.1, -0.05) is 0 Å². The third-order valence-corrected chi connectivity index (χ3v) is 4.57. The van der Waals surface area contributed by atoms with Crippen molar-refractivity contribution in [1.82, 2.24) is 20.3 Å². The first-order chi connectivity index (χ1) is 10.2. The maximum Gasteiger partial charge on any atom is 0.226 e. The zero-order valence-electron chi connectivity index (χ0n) is 12.2. The van der Waals surface area contributed by atoms with Crippen LogP contribution >= 0.6 is 0 Å². The SMILES string of the molecule is Cc1c2c(nc3nc(N[C@@H]4CCNC4)nc(N)c13)CCC2. The van der Waals surface area contributed by atoms with Crippen molar-refractivity contribution in [3.05, 3.63) is 16.8 Å². The molecular formula is C15H20N6. The van der Waals surface area contributed by atoms with Crippen LogP contribution in [0.25, 0.3) is 11.0 Å². The Bertz CT molecular complexity index is 705. The molecule has 6 heteroatoms. The summed E-state index contributed by atoms with van der Waals surface area (Å²) < 4.78 is 0. The summed E-state index contributed by atoms with van der Waals surface area (Å²) in [5, 5.41) is 7.60. The van der Waals surface area contributed by atoms with Gasteiger partial charge in [0.25, 0.3) is 0 Å². The minimum absolute atomic E-state index is 0.373. The third kappa shape index (κ3) is 2.10. The van der Waals surface area contributed by atoms with Crippen molar-refractivity contribution in [2.24, 2.45) is 0 Å². The largest absolute Gasteiger partial charge is 0.383 e. The molecule has 1 fully saturated rings. The first-order valence-corrected chi connectivity index (χ1v) is 7.65. The van der Waals surface area contributed by atoms with Gasteiger partial charge in [-0.25, -0.2) is 4.98 Å². The topological polar surface area (TPSA) is 88.8 Å². The van der Waals surface area contributed by atoms with Crippen LogP contribution in [0.5, 0.6) is 0 Å². The van der Waals surface area contributed by atoms with E-state index in [0.29, 0.717) is 17.8 Å². The Balaban J connectivity index is 1.80. The molecule has 0 spiro atoms. The molecule has 1 atom stereocenters. The second-order valence-electron chi connectivity index (χ2n) is 5.98. The van der Waals surface area contributed by atoms with Crippen molar-refractivity contribution in [2.75, 3.05) is 24.1 Å². The molecule has 2 aromatic rings.